The summed E-state index contributed by atoms with van der Waals surface area (Å²) in [5.41, 5.74) is 2.15. The summed E-state index contributed by atoms with van der Waals surface area (Å²) in [6.45, 7) is 3.59. The van der Waals surface area contributed by atoms with Gasteiger partial charge in [0.05, 0.1) is 0 Å². The van der Waals surface area contributed by atoms with Gasteiger partial charge in [0, 0.05) is 19.2 Å². The summed E-state index contributed by atoms with van der Waals surface area (Å²) in [6, 6.07) is 19.8. The Kier molecular flexibility index (Phi) is 7.18. The number of carbonyl (C=O) groups is 1. The molecule has 1 amide bonds. The Morgan fingerprint density at radius 3 is 2.33 bits per heavy atom. The molecule has 24 heavy (non-hydrogen) atoms. The average molecular weight is 338 g/mol. The second-order valence-corrected chi connectivity index (χ2v) is 5.83. The van der Waals surface area contributed by atoms with Crippen LogP contribution in [-0.4, -0.2) is 22.5 Å². The van der Waals surface area contributed by atoms with Gasteiger partial charge in [-0.15, -0.1) is 0 Å². The van der Waals surface area contributed by atoms with E-state index in [9.17, 15) is 4.79 Å². The van der Waals surface area contributed by atoms with Crippen molar-refractivity contribution in [2.45, 2.75) is 19.9 Å². The highest BCUT2D eigenvalue weighted by molar-refractivity contribution is 7.80. The summed E-state index contributed by atoms with van der Waals surface area (Å²) < 4.78 is 0. The Morgan fingerprint density at radius 2 is 1.71 bits per heavy atom. The predicted octanol–water partition coefficient (Wildman–Crippen LogP) is 4.01. The van der Waals surface area contributed by atoms with E-state index in [4.69, 9.17) is 12.2 Å². The lowest BCUT2D eigenvalue weighted by Crippen LogP contribution is -2.42. The highest BCUT2D eigenvalue weighted by atomic mass is 32.1. The van der Waals surface area contributed by atoms with Gasteiger partial charge in [-0.3, -0.25) is 10.1 Å². The largest absolute Gasteiger partial charge is 0.345 e. The molecule has 0 fully saturated rings. The first-order chi connectivity index (χ1) is 11.7. The third-order valence-electron chi connectivity index (χ3n) is 3.45. The van der Waals surface area contributed by atoms with Gasteiger partial charge in [0.15, 0.2) is 5.11 Å². The fraction of sp³-hybridized carbons (Fsp3) is 0.200. The maximum Gasteiger partial charge on any atom is 0.250 e. The van der Waals surface area contributed by atoms with E-state index in [1.807, 2.05) is 53.4 Å². The minimum atomic E-state index is -0.210. The van der Waals surface area contributed by atoms with Crippen molar-refractivity contribution in [1.82, 2.24) is 10.2 Å². The highest BCUT2D eigenvalue weighted by Crippen LogP contribution is 2.06. The first-order valence-corrected chi connectivity index (χ1v) is 8.47. The molecule has 0 spiro atoms. The quantitative estimate of drug-likeness (QED) is 0.638. The molecule has 3 nitrogen and oxygen atoms in total. The molecule has 0 bridgehead atoms. The van der Waals surface area contributed by atoms with Gasteiger partial charge in [-0.25, -0.2) is 0 Å². The molecule has 0 heterocycles. The number of benzene rings is 2. The lowest BCUT2D eigenvalue weighted by molar-refractivity contribution is -0.115. The van der Waals surface area contributed by atoms with Gasteiger partial charge in [-0.1, -0.05) is 67.6 Å². The topological polar surface area (TPSA) is 32.3 Å². The average Bonchev–Trinajstić information content (AvgIpc) is 2.61. The molecule has 0 saturated carbocycles. The van der Waals surface area contributed by atoms with E-state index >= 15 is 0 Å². The number of thiocarbonyl (C=S) groups is 1. The van der Waals surface area contributed by atoms with Crippen LogP contribution in [0.15, 0.2) is 66.7 Å². The molecule has 0 aromatic heterocycles. The van der Waals surface area contributed by atoms with E-state index in [0.717, 1.165) is 18.5 Å². The maximum absolute atomic E-state index is 12.1. The Balaban J connectivity index is 1.94. The van der Waals surface area contributed by atoms with Crippen molar-refractivity contribution in [2.24, 2.45) is 0 Å². The molecule has 2 aromatic rings. The Bertz CT molecular complexity index is 683. The molecule has 1 N–H and O–H groups in total. The van der Waals surface area contributed by atoms with E-state index in [1.54, 1.807) is 6.08 Å². The van der Waals surface area contributed by atoms with Crippen LogP contribution in [0.3, 0.4) is 0 Å². The summed E-state index contributed by atoms with van der Waals surface area (Å²) >= 11 is 5.41. The molecule has 2 aromatic carbocycles. The summed E-state index contributed by atoms with van der Waals surface area (Å²) in [7, 11) is 0. The summed E-state index contributed by atoms with van der Waals surface area (Å²) in [5.74, 6) is -0.210. The number of hydrogen-bond donors (Lipinski definition) is 1. The van der Waals surface area contributed by atoms with Crippen LogP contribution in [0.1, 0.15) is 24.5 Å². The minimum Gasteiger partial charge on any atom is -0.345 e. The Morgan fingerprint density at radius 1 is 1.08 bits per heavy atom. The van der Waals surface area contributed by atoms with Gasteiger partial charge in [-0.2, -0.15) is 0 Å². The minimum absolute atomic E-state index is 0.210. The second kappa shape index (κ2) is 9.63. The number of nitrogens with zero attached hydrogens (tertiary/aromatic N) is 1. The molecule has 0 aliphatic rings. The zero-order valence-electron chi connectivity index (χ0n) is 13.8. The molecular formula is C20H22N2OS. The lowest BCUT2D eigenvalue weighted by Gasteiger charge is -2.24. The molecule has 0 atom stereocenters. The maximum atomic E-state index is 12.1. The Hall–Kier alpha value is -2.46. The van der Waals surface area contributed by atoms with Gasteiger partial charge < -0.3 is 4.90 Å². The van der Waals surface area contributed by atoms with Crippen molar-refractivity contribution in [3.05, 3.63) is 77.9 Å². The van der Waals surface area contributed by atoms with Crippen LogP contribution in [0.2, 0.25) is 0 Å². The van der Waals surface area contributed by atoms with Crippen LogP contribution >= 0.6 is 12.2 Å². The number of rotatable bonds is 6. The van der Waals surface area contributed by atoms with Crippen LogP contribution < -0.4 is 5.32 Å². The fourth-order valence-corrected chi connectivity index (χ4v) is 2.54. The zero-order valence-corrected chi connectivity index (χ0v) is 14.6. The molecule has 0 saturated heterocycles. The fourth-order valence-electron chi connectivity index (χ4n) is 2.29. The van der Waals surface area contributed by atoms with Gasteiger partial charge in [0.1, 0.15) is 0 Å². The molecular weight excluding hydrogens is 316 g/mol. The number of carbonyl (C=O) groups excluding carboxylic acids is 1. The summed E-state index contributed by atoms with van der Waals surface area (Å²) in [6.07, 6.45) is 4.25. The van der Waals surface area contributed by atoms with Gasteiger partial charge in [-0.05, 0) is 35.8 Å². The standard InChI is InChI=1S/C20H22N2OS/c1-2-15-22(16-18-11-7-4-8-12-18)20(24)21-19(23)14-13-17-9-5-3-6-10-17/h3-14H,2,15-16H2,1H3,(H,21,23,24). The van der Waals surface area contributed by atoms with Crippen molar-refractivity contribution >= 4 is 29.3 Å². The molecule has 2 rings (SSSR count). The van der Waals surface area contributed by atoms with Crippen molar-refractivity contribution in [3.63, 3.8) is 0 Å². The second-order valence-electron chi connectivity index (χ2n) is 5.45. The van der Waals surface area contributed by atoms with E-state index in [2.05, 4.69) is 24.4 Å². The number of hydrogen-bond acceptors (Lipinski definition) is 2. The lowest BCUT2D eigenvalue weighted by atomic mass is 10.2. The van der Waals surface area contributed by atoms with Crippen LogP contribution in [0.5, 0.6) is 0 Å². The SMILES string of the molecule is CCCN(Cc1ccccc1)C(=S)NC(=O)C=Cc1ccccc1. The normalized spacial score (nSPS) is 10.5. The van der Waals surface area contributed by atoms with Crippen LogP contribution in [0, 0.1) is 0 Å². The molecule has 4 heteroatoms. The number of nitrogens with one attached hydrogen (secondary N) is 1. The molecule has 124 valence electrons. The highest BCUT2D eigenvalue weighted by Gasteiger charge is 2.11. The van der Waals surface area contributed by atoms with Crippen molar-refractivity contribution < 1.29 is 4.79 Å². The molecule has 0 aliphatic carbocycles. The predicted molar refractivity (Wildman–Crippen MR) is 103 cm³/mol. The molecule has 0 unspecified atom stereocenters. The van der Waals surface area contributed by atoms with Crippen molar-refractivity contribution in [2.75, 3.05) is 6.54 Å². The van der Waals surface area contributed by atoms with Crippen molar-refractivity contribution in [3.8, 4) is 0 Å². The molecule has 0 radical (unpaired) electrons. The van der Waals surface area contributed by atoms with Crippen molar-refractivity contribution in [1.29, 1.82) is 0 Å². The third-order valence-corrected chi connectivity index (χ3v) is 3.81. The van der Waals surface area contributed by atoms with E-state index in [-0.39, 0.29) is 5.91 Å². The van der Waals surface area contributed by atoms with E-state index in [1.165, 1.54) is 11.6 Å². The summed E-state index contributed by atoms with van der Waals surface area (Å²) in [5, 5.41) is 3.25. The zero-order chi connectivity index (χ0) is 17.2. The smallest absolute Gasteiger partial charge is 0.250 e. The monoisotopic (exact) mass is 338 g/mol. The van der Waals surface area contributed by atoms with Crippen LogP contribution in [-0.2, 0) is 11.3 Å². The number of amides is 1. The van der Waals surface area contributed by atoms with Gasteiger partial charge in [0.2, 0.25) is 5.91 Å². The summed E-state index contributed by atoms with van der Waals surface area (Å²) in [4.78, 5) is 14.1. The first kappa shape index (κ1) is 17.9. The van der Waals surface area contributed by atoms with E-state index in [0.29, 0.717) is 11.7 Å². The van der Waals surface area contributed by atoms with E-state index < -0.39 is 0 Å². The van der Waals surface area contributed by atoms with Crippen LogP contribution in [0.4, 0.5) is 0 Å². The molecule has 0 aliphatic heterocycles. The van der Waals surface area contributed by atoms with Crippen LogP contribution in [0.25, 0.3) is 6.08 Å². The van der Waals surface area contributed by atoms with Gasteiger partial charge in [0.25, 0.3) is 0 Å². The first-order valence-electron chi connectivity index (χ1n) is 8.06. The van der Waals surface area contributed by atoms with Gasteiger partial charge >= 0.3 is 0 Å². The Labute approximate surface area is 149 Å². The third kappa shape index (κ3) is 5.97.